The second-order valence-electron chi connectivity index (χ2n) is 9.02. The average Bonchev–Trinajstić information content (AvgIpc) is 2.91. The molecular formula is C22H29ClO7. The number of halogens is 1. The third kappa shape index (κ3) is 3.31. The van der Waals surface area contributed by atoms with E-state index in [0.29, 0.717) is 18.4 Å². The Labute approximate surface area is 181 Å². The normalized spacial score (nSPS) is 46.6. The molecule has 0 aromatic rings. The molecule has 0 aromatic heterocycles. The molecule has 8 heteroatoms. The summed E-state index contributed by atoms with van der Waals surface area (Å²) in [5.41, 5.74) is -2.53. The largest absolute Gasteiger partial charge is 0.462 e. The van der Waals surface area contributed by atoms with Crippen LogP contribution in [0.2, 0.25) is 0 Å². The summed E-state index contributed by atoms with van der Waals surface area (Å²) in [6, 6.07) is 0. The van der Waals surface area contributed by atoms with Crippen LogP contribution in [0.4, 0.5) is 0 Å². The summed E-state index contributed by atoms with van der Waals surface area (Å²) in [7, 11) is 0. The second kappa shape index (κ2) is 7.77. The molecule has 2 fully saturated rings. The van der Waals surface area contributed by atoms with Gasteiger partial charge in [0, 0.05) is 24.2 Å². The monoisotopic (exact) mass is 440 g/mol. The molecule has 0 radical (unpaired) electrons. The highest BCUT2D eigenvalue weighted by molar-refractivity contribution is 6.23. The number of carbonyl (C=O) groups is 3. The topological polar surface area (TPSA) is 110 Å². The van der Waals surface area contributed by atoms with Crippen LogP contribution < -0.4 is 0 Å². The zero-order valence-corrected chi connectivity index (χ0v) is 18.4. The highest BCUT2D eigenvalue weighted by Gasteiger charge is 2.66. The third-order valence-electron chi connectivity index (χ3n) is 7.26. The lowest BCUT2D eigenvalue weighted by atomic mass is 9.56. The molecule has 1 saturated carbocycles. The number of aliphatic hydroxyl groups excluding tert-OH is 1. The van der Waals surface area contributed by atoms with E-state index in [0.717, 1.165) is 0 Å². The maximum absolute atomic E-state index is 12.6. The SMILES string of the molecule is C=C1CC[C@@H](OC(C)=O)[C@@]2(C)C=CC(=O)[C@H](C)[C@@H]2[C@@H](O)[C@]2(O)[C@@H](C)C(=O)O[C@H]2[C@H]1Cl. The Morgan fingerprint density at radius 2 is 2.00 bits per heavy atom. The van der Waals surface area contributed by atoms with E-state index in [9.17, 15) is 24.6 Å². The van der Waals surface area contributed by atoms with Gasteiger partial charge in [-0.25, -0.2) is 0 Å². The molecule has 0 amide bonds. The average molecular weight is 441 g/mol. The predicted molar refractivity (Wildman–Crippen MR) is 108 cm³/mol. The first-order valence-corrected chi connectivity index (χ1v) is 10.6. The highest BCUT2D eigenvalue weighted by atomic mass is 35.5. The fraction of sp³-hybridized carbons (Fsp3) is 0.682. The van der Waals surface area contributed by atoms with E-state index in [1.165, 1.54) is 19.9 Å². The summed E-state index contributed by atoms with van der Waals surface area (Å²) >= 11 is 6.55. The van der Waals surface area contributed by atoms with Crippen LogP contribution in [-0.2, 0) is 23.9 Å². The summed E-state index contributed by atoms with van der Waals surface area (Å²) in [6.07, 6.45) is 0.294. The Hall–Kier alpha value is -1.70. The third-order valence-corrected chi connectivity index (χ3v) is 7.80. The van der Waals surface area contributed by atoms with Crippen LogP contribution in [0.1, 0.15) is 40.5 Å². The second-order valence-corrected chi connectivity index (χ2v) is 9.49. The van der Waals surface area contributed by atoms with Gasteiger partial charge in [0.2, 0.25) is 0 Å². The summed E-state index contributed by atoms with van der Waals surface area (Å²) in [5, 5.41) is 22.3. The molecule has 0 aromatic carbocycles. The van der Waals surface area contributed by atoms with Crippen molar-refractivity contribution in [1.29, 1.82) is 0 Å². The van der Waals surface area contributed by atoms with Gasteiger partial charge in [0.15, 0.2) is 11.9 Å². The number of hydrogen-bond acceptors (Lipinski definition) is 7. The van der Waals surface area contributed by atoms with Crippen LogP contribution in [0.15, 0.2) is 24.3 Å². The fourth-order valence-corrected chi connectivity index (χ4v) is 5.67. The molecule has 166 valence electrons. The quantitative estimate of drug-likeness (QED) is 0.364. The van der Waals surface area contributed by atoms with Crippen LogP contribution in [0.3, 0.4) is 0 Å². The first kappa shape index (κ1) is 23.0. The smallest absolute Gasteiger partial charge is 0.312 e. The van der Waals surface area contributed by atoms with Gasteiger partial charge in [-0.3, -0.25) is 14.4 Å². The number of allylic oxidation sites excluding steroid dienone is 1. The Morgan fingerprint density at radius 3 is 2.60 bits per heavy atom. The van der Waals surface area contributed by atoms with Crippen molar-refractivity contribution in [3.8, 4) is 0 Å². The van der Waals surface area contributed by atoms with E-state index < -0.39 is 64.4 Å². The van der Waals surface area contributed by atoms with Gasteiger partial charge in [0.05, 0.1) is 17.4 Å². The summed E-state index contributed by atoms with van der Waals surface area (Å²) in [4.78, 5) is 36.8. The van der Waals surface area contributed by atoms with Gasteiger partial charge >= 0.3 is 11.9 Å². The molecule has 0 spiro atoms. The predicted octanol–water partition coefficient (Wildman–Crippen LogP) is 1.93. The number of fused-ring (bicyclic) bond motifs is 2. The molecule has 9 atom stereocenters. The number of hydrogen-bond donors (Lipinski definition) is 2. The minimum atomic E-state index is -2.05. The lowest BCUT2D eigenvalue weighted by Gasteiger charge is -2.52. The summed E-state index contributed by atoms with van der Waals surface area (Å²) in [5.74, 6) is -4.02. The van der Waals surface area contributed by atoms with E-state index in [1.807, 2.05) is 0 Å². The van der Waals surface area contributed by atoms with Crippen LogP contribution in [-0.4, -0.2) is 57.2 Å². The van der Waals surface area contributed by atoms with E-state index in [2.05, 4.69) is 6.58 Å². The minimum Gasteiger partial charge on any atom is -0.462 e. The molecular weight excluding hydrogens is 412 g/mol. The maximum Gasteiger partial charge on any atom is 0.312 e. The minimum absolute atomic E-state index is 0.222. The van der Waals surface area contributed by atoms with Crippen molar-refractivity contribution in [1.82, 2.24) is 0 Å². The number of alkyl halides is 1. The van der Waals surface area contributed by atoms with Crippen LogP contribution in [0, 0.1) is 23.2 Å². The van der Waals surface area contributed by atoms with Crippen LogP contribution in [0.5, 0.6) is 0 Å². The lowest BCUT2D eigenvalue weighted by molar-refractivity contribution is -0.190. The first-order chi connectivity index (χ1) is 13.9. The van der Waals surface area contributed by atoms with Crippen LogP contribution >= 0.6 is 11.6 Å². The number of esters is 2. The Balaban J connectivity index is 2.21. The number of ether oxygens (including phenoxy) is 2. The number of rotatable bonds is 1. The van der Waals surface area contributed by atoms with Crippen LogP contribution in [0.25, 0.3) is 0 Å². The molecule has 7 nitrogen and oxygen atoms in total. The van der Waals surface area contributed by atoms with Crippen molar-refractivity contribution < 1.29 is 34.1 Å². The van der Waals surface area contributed by atoms with Crippen molar-refractivity contribution >= 4 is 29.3 Å². The van der Waals surface area contributed by atoms with Gasteiger partial charge in [-0.2, -0.15) is 0 Å². The number of ketones is 1. The molecule has 0 bridgehead atoms. The lowest BCUT2D eigenvalue weighted by Crippen LogP contribution is -2.64. The van der Waals surface area contributed by atoms with Gasteiger partial charge < -0.3 is 19.7 Å². The van der Waals surface area contributed by atoms with Crippen molar-refractivity contribution in [2.45, 2.75) is 69.8 Å². The standard InChI is InChI=1S/C22H29ClO7/c1-10-6-7-15(29-13(4)24)21(5)9-8-14(25)11(2)16(21)18(26)22(28)12(3)20(27)30-19(22)17(10)23/h8-9,11-12,15-19,26,28H,1,6-7H2,2-5H3/t11-,12-,15+,16+,17-,18+,19-,21+,22+/m0/s1. The molecule has 2 aliphatic carbocycles. The Morgan fingerprint density at radius 1 is 1.37 bits per heavy atom. The van der Waals surface area contributed by atoms with E-state index in [-0.39, 0.29) is 5.78 Å². The zero-order valence-electron chi connectivity index (χ0n) is 17.6. The van der Waals surface area contributed by atoms with Crippen molar-refractivity contribution in [2.24, 2.45) is 23.2 Å². The van der Waals surface area contributed by atoms with E-state index >= 15 is 0 Å². The van der Waals surface area contributed by atoms with E-state index in [1.54, 1.807) is 19.9 Å². The molecule has 30 heavy (non-hydrogen) atoms. The van der Waals surface area contributed by atoms with E-state index in [4.69, 9.17) is 21.1 Å². The molecule has 2 N–H and O–H groups in total. The molecule has 1 aliphatic heterocycles. The Kier molecular flexibility index (Phi) is 5.95. The van der Waals surface area contributed by atoms with Crippen molar-refractivity contribution in [3.63, 3.8) is 0 Å². The number of aliphatic hydroxyl groups is 2. The Bertz CT molecular complexity index is 807. The van der Waals surface area contributed by atoms with Gasteiger partial charge in [-0.05, 0) is 25.8 Å². The van der Waals surface area contributed by atoms with Gasteiger partial charge in [-0.1, -0.05) is 32.1 Å². The maximum atomic E-state index is 12.6. The molecule has 3 aliphatic rings. The summed E-state index contributed by atoms with van der Waals surface area (Å²) < 4.78 is 11.0. The fourth-order valence-electron chi connectivity index (χ4n) is 5.30. The van der Waals surface area contributed by atoms with Gasteiger partial charge in [-0.15, -0.1) is 11.6 Å². The van der Waals surface area contributed by atoms with Gasteiger partial charge in [0.25, 0.3) is 0 Å². The molecule has 3 rings (SSSR count). The number of carbonyl (C=O) groups excluding carboxylic acids is 3. The molecule has 1 heterocycles. The van der Waals surface area contributed by atoms with Crippen molar-refractivity contribution in [3.05, 3.63) is 24.3 Å². The first-order valence-electron chi connectivity index (χ1n) is 10.2. The molecule has 1 saturated heterocycles. The van der Waals surface area contributed by atoms with Crippen molar-refractivity contribution in [2.75, 3.05) is 0 Å². The molecule has 0 unspecified atom stereocenters. The van der Waals surface area contributed by atoms with Gasteiger partial charge in [0.1, 0.15) is 11.7 Å². The summed E-state index contributed by atoms with van der Waals surface area (Å²) in [6.45, 7) is 10.2. The zero-order chi connectivity index (χ0) is 22.6. The highest BCUT2D eigenvalue weighted by Crippen LogP contribution is 2.53.